The summed E-state index contributed by atoms with van der Waals surface area (Å²) in [5.74, 6) is -2.80. The second kappa shape index (κ2) is 49.3. The fourth-order valence-electron chi connectivity index (χ4n) is 9.76. The fourth-order valence-corrected chi connectivity index (χ4v) is 9.76. The standard InChI is InChI=1S/C60H103N7O15/c1-47(68)53(65-43-52(70)30-28-50-42-61-46-66-50)21-18-19-33-62-56(72)44-81-40-39-80-37-35-64-57(73)45-82-41-38-79-36-34-63-55(71)32-31-54(60(77)78)67-59(76)49-26-23-48(24-27-49)25-29-51(69)20-16-14-12-10-8-6-4-2-3-5-7-9-11-13-15-17-22-58(74)75/h42,46,48-49,53-54,65H,2-41,43-45H2,1H3,(H,61,66)(H,62,72)(H,63,71)(H,64,73)(H,67,76)(H,74,75)(H,77,78)/t48?,49?,53-,54-/m0/s1. The van der Waals surface area contributed by atoms with Gasteiger partial charge in [-0.2, -0.15) is 0 Å². The van der Waals surface area contributed by atoms with Gasteiger partial charge in [-0.3, -0.25) is 38.4 Å². The Hall–Kier alpha value is -5.16. The van der Waals surface area contributed by atoms with Crippen LogP contribution in [0.1, 0.15) is 205 Å². The third-order valence-corrected chi connectivity index (χ3v) is 14.8. The number of hydrogen-bond donors (Lipinski definition) is 8. The van der Waals surface area contributed by atoms with E-state index in [1.165, 1.54) is 77.6 Å². The molecule has 0 aromatic carbocycles. The zero-order chi connectivity index (χ0) is 59.7. The van der Waals surface area contributed by atoms with E-state index in [1.807, 2.05) is 0 Å². The molecule has 0 aliphatic heterocycles. The second-order valence-corrected chi connectivity index (χ2v) is 21.8. The number of aliphatic carboxylic acids is 2. The average molecular weight is 1160 g/mol. The number of imidazole rings is 1. The van der Waals surface area contributed by atoms with Gasteiger partial charge in [0.1, 0.15) is 36.6 Å². The largest absolute Gasteiger partial charge is 0.481 e. The molecule has 2 rings (SSSR count). The van der Waals surface area contributed by atoms with Crippen LogP contribution in [-0.2, 0) is 68.5 Å². The van der Waals surface area contributed by atoms with Crippen LogP contribution in [0.2, 0.25) is 0 Å². The Morgan fingerprint density at radius 3 is 1.60 bits per heavy atom. The summed E-state index contributed by atoms with van der Waals surface area (Å²) < 4.78 is 21.5. The van der Waals surface area contributed by atoms with Crippen LogP contribution in [0.3, 0.4) is 0 Å². The van der Waals surface area contributed by atoms with Crippen molar-refractivity contribution < 1.29 is 72.3 Å². The van der Waals surface area contributed by atoms with Crippen molar-refractivity contribution in [1.82, 2.24) is 36.6 Å². The summed E-state index contributed by atoms with van der Waals surface area (Å²) in [4.78, 5) is 116. The van der Waals surface area contributed by atoms with E-state index in [-0.39, 0.29) is 126 Å². The maximum atomic E-state index is 13.0. The highest BCUT2D eigenvalue weighted by atomic mass is 16.5. The number of aryl methyl sites for hydroxylation is 1. The Kier molecular flexibility index (Phi) is 43.8. The van der Waals surface area contributed by atoms with E-state index >= 15 is 0 Å². The number of nitrogens with zero attached hydrogens (tertiary/aromatic N) is 1. The Bertz CT molecular complexity index is 1910. The molecule has 1 heterocycles. The molecule has 1 saturated carbocycles. The highest BCUT2D eigenvalue weighted by Crippen LogP contribution is 2.32. The van der Waals surface area contributed by atoms with E-state index in [9.17, 15) is 48.3 Å². The molecule has 0 saturated heterocycles. The molecule has 0 radical (unpaired) electrons. The first kappa shape index (κ1) is 72.9. The Labute approximate surface area is 487 Å². The zero-order valence-electron chi connectivity index (χ0n) is 49.5. The number of carbonyl (C=O) groups excluding carboxylic acids is 7. The van der Waals surface area contributed by atoms with Crippen LogP contribution in [0, 0.1) is 11.8 Å². The fraction of sp³-hybridized carbons (Fsp3) is 0.800. The van der Waals surface area contributed by atoms with Gasteiger partial charge in [0.2, 0.25) is 23.6 Å². The van der Waals surface area contributed by atoms with Crippen molar-refractivity contribution in [3.8, 4) is 0 Å². The van der Waals surface area contributed by atoms with Crippen LogP contribution in [0.5, 0.6) is 0 Å². The van der Waals surface area contributed by atoms with Crippen molar-refractivity contribution in [3.63, 3.8) is 0 Å². The molecule has 8 N–H and O–H groups in total. The van der Waals surface area contributed by atoms with Gasteiger partial charge in [0.25, 0.3) is 0 Å². The molecule has 0 unspecified atom stereocenters. The highest BCUT2D eigenvalue weighted by molar-refractivity contribution is 5.86. The summed E-state index contributed by atoms with van der Waals surface area (Å²) in [6, 6.07) is -1.61. The van der Waals surface area contributed by atoms with Crippen LogP contribution in [-0.4, -0.2) is 164 Å². The van der Waals surface area contributed by atoms with Gasteiger partial charge in [-0.25, -0.2) is 9.78 Å². The number of carboxylic acids is 2. The third kappa shape index (κ3) is 41.8. The van der Waals surface area contributed by atoms with E-state index in [4.69, 9.17) is 24.1 Å². The van der Waals surface area contributed by atoms with E-state index < -0.39 is 24.0 Å². The van der Waals surface area contributed by atoms with Gasteiger partial charge in [-0.05, 0) is 89.9 Å². The molecule has 22 nitrogen and oxygen atoms in total. The molecule has 0 bridgehead atoms. The monoisotopic (exact) mass is 1160 g/mol. The highest BCUT2D eigenvalue weighted by Gasteiger charge is 2.30. The molecule has 4 amide bonds. The predicted octanol–water partition coefficient (Wildman–Crippen LogP) is 6.66. The maximum Gasteiger partial charge on any atom is 0.326 e. The normalized spacial score (nSPS) is 14.8. The smallest absolute Gasteiger partial charge is 0.326 e. The Morgan fingerprint density at radius 2 is 1.07 bits per heavy atom. The molecular weight excluding hydrogens is 1060 g/mol. The molecule has 1 aromatic rings. The number of ether oxygens (including phenoxy) is 4. The zero-order valence-corrected chi connectivity index (χ0v) is 49.5. The summed E-state index contributed by atoms with van der Waals surface area (Å²) in [5.41, 5.74) is 0.884. The van der Waals surface area contributed by atoms with Gasteiger partial charge in [0.05, 0.1) is 58.6 Å². The molecule has 82 heavy (non-hydrogen) atoms. The topological polar surface area (TPSA) is 320 Å². The number of Topliss-reactive ketones (excluding diaryl/α,β-unsaturated/α-hetero) is 3. The first-order valence-corrected chi connectivity index (χ1v) is 30.8. The number of aromatic nitrogens is 2. The van der Waals surface area contributed by atoms with Crippen LogP contribution in [0.15, 0.2) is 12.5 Å². The second-order valence-electron chi connectivity index (χ2n) is 21.8. The summed E-state index contributed by atoms with van der Waals surface area (Å²) in [5, 5.41) is 32.3. The number of H-pyrrole nitrogens is 1. The van der Waals surface area contributed by atoms with E-state index in [0.29, 0.717) is 82.5 Å². The third-order valence-electron chi connectivity index (χ3n) is 14.8. The number of hydrogen-bond acceptors (Lipinski definition) is 15. The molecule has 1 fully saturated rings. The summed E-state index contributed by atoms with van der Waals surface area (Å²) in [6.07, 6.45) is 30.1. The number of nitrogens with one attached hydrogen (secondary N) is 6. The van der Waals surface area contributed by atoms with Crippen LogP contribution in [0.25, 0.3) is 0 Å². The van der Waals surface area contributed by atoms with Crippen LogP contribution < -0.4 is 26.6 Å². The molecule has 1 aliphatic rings. The van der Waals surface area contributed by atoms with E-state index in [1.54, 1.807) is 12.5 Å². The molecule has 22 heteroatoms. The molecular formula is C60H103N7O15. The Balaban J connectivity index is 1.35. The molecule has 1 aliphatic carbocycles. The van der Waals surface area contributed by atoms with Crippen LogP contribution in [0.4, 0.5) is 0 Å². The van der Waals surface area contributed by atoms with Crippen molar-refractivity contribution >= 4 is 52.9 Å². The van der Waals surface area contributed by atoms with Gasteiger partial charge in [0.15, 0.2) is 0 Å². The minimum atomic E-state index is -1.20. The lowest BCUT2D eigenvalue weighted by molar-refractivity contribution is -0.143. The lowest BCUT2D eigenvalue weighted by Gasteiger charge is -2.28. The van der Waals surface area contributed by atoms with E-state index in [0.717, 1.165) is 57.1 Å². The van der Waals surface area contributed by atoms with Gasteiger partial charge >= 0.3 is 11.9 Å². The lowest BCUT2D eigenvalue weighted by Crippen LogP contribution is -2.45. The lowest BCUT2D eigenvalue weighted by atomic mass is 9.79. The number of aromatic amines is 1. The van der Waals surface area contributed by atoms with Crippen molar-refractivity contribution in [2.45, 2.75) is 218 Å². The number of amides is 4. The quantitative estimate of drug-likeness (QED) is 0.0316. The van der Waals surface area contributed by atoms with Gasteiger partial charge in [-0.1, -0.05) is 89.9 Å². The van der Waals surface area contributed by atoms with Gasteiger partial charge in [-0.15, -0.1) is 0 Å². The van der Waals surface area contributed by atoms with Crippen molar-refractivity contribution in [1.29, 1.82) is 0 Å². The maximum absolute atomic E-state index is 13.0. The van der Waals surface area contributed by atoms with Gasteiger partial charge < -0.3 is 60.7 Å². The van der Waals surface area contributed by atoms with E-state index in [2.05, 4.69) is 36.6 Å². The van der Waals surface area contributed by atoms with Crippen LogP contribution >= 0.6 is 0 Å². The molecule has 0 spiro atoms. The summed E-state index contributed by atoms with van der Waals surface area (Å²) in [7, 11) is 0. The SMILES string of the molecule is CC(=O)[C@H](CCCCNC(=O)COCCOCCNC(=O)COCCOCCNC(=O)CC[C@H](NC(=O)C1CCC(CCC(=O)CCCCCCCCCCCCCCCCCCC(=O)O)CC1)C(=O)O)NCC(=O)CCc1cnc[nH]1. The van der Waals surface area contributed by atoms with Crippen molar-refractivity contribution in [2.24, 2.45) is 11.8 Å². The number of carbonyl (C=O) groups is 9. The molecule has 468 valence electrons. The van der Waals surface area contributed by atoms with Gasteiger partial charge in [0, 0.05) is 69.5 Å². The minimum Gasteiger partial charge on any atom is -0.481 e. The summed E-state index contributed by atoms with van der Waals surface area (Å²) >= 11 is 0. The van der Waals surface area contributed by atoms with Crippen molar-refractivity contribution in [2.75, 3.05) is 79.0 Å². The number of ketones is 3. The predicted molar refractivity (Wildman–Crippen MR) is 310 cm³/mol. The number of carboxylic acid groups (broad SMARTS) is 2. The number of rotatable bonds is 56. The average Bonchev–Trinajstić information content (AvgIpc) is 4.00. The molecule has 2 atom stereocenters. The minimum absolute atomic E-state index is 0.0135. The number of unbranched alkanes of at least 4 members (excludes halogenated alkanes) is 16. The first-order valence-electron chi connectivity index (χ1n) is 30.8. The Morgan fingerprint density at radius 1 is 0.549 bits per heavy atom. The summed E-state index contributed by atoms with van der Waals surface area (Å²) in [6.45, 7) is 3.33. The first-order chi connectivity index (χ1) is 39.7. The van der Waals surface area contributed by atoms with Crippen molar-refractivity contribution in [3.05, 3.63) is 18.2 Å². The molecule has 1 aromatic heterocycles.